The molecule has 0 spiro atoms. The van der Waals surface area contributed by atoms with Crippen molar-refractivity contribution in [2.24, 2.45) is 0 Å². The number of rotatable bonds is 12. The SMILES string of the molecule is CCCCCCOP(=S)(S)OCCCCCC.c1ccncc1. The average Bonchev–Trinajstić information content (AvgIpc) is 2.56. The van der Waals surface area contributed by atoms with Crippen molar-refractivity contribution in [2.45, 2.75) is 65.2 Å². The maximum atomic E-state index is 5.55. The van der Waals surface area contributed by atoms with E-state index in [-0.39, 0.29) is 0 Å². The fourth-order valence-corrected chi connectivity index (χ4v) is 3.50. The minimum absolute atomic E-state index is 0.690. The molecule has 1 rings (SSSR count). The molecule has 1 aromatic heterocycles. The van der Waals surface area contributed by atoms with Crippen molar-refractivity contribution in [3.63, 3.8) is 0 Å². The number of aromatic nitrogens is 1. The number of hydrogen-bond donors (Lipinski definition) is 1. The number of nitrogens with zero attached hydrogens (tertiary/aromatic N) is 1. The lowest BCUT2D eigenvalue weighted by Gasteiger charge is -2.16. The van der Waals surface area contributed by atoms with E-state index in [9.17, 15) is 0 Å². The van der Waals surface area contributed by atoms with Gasteiger partial charge in [0.2, 0.25) is 5.69 Å². The van der Waals surface area contributed by atoms with Gasteiger partial charge in [0.05, 0.1) is 13.2 Å². The predicted octanol–water partition coefficient (Wildman–Crippen LogP) is 6.42. The lowest BCUT2D eigenvalue weighted by atomic mass is 10.2. The maximum absolute atomic E-state index is 5.55. The topological polar surface area (TPSA) is 31.4 Å². The van der Waals surface area contributed by atoms with Gasteiger partial charge in [0.15, 0.2) is 0 Å². The van der Waals surface area contributed by atoms with Crippen molar-refractivity contribution in [3.05, 3.63) is 30.6 Å². The third kappa shape index (κ3) is 18.3. The van der Waals surface area contributed by atoms with Gasteiger partial charge >= 0.3 is 0 Å². The second-order valence-corrected chi connectivity index (χ2v) is 10.6. The molecule has 1 aromatic rings. The Balaban J connectivity index is 0.000000664. The molecule has 134 valence electrons. The molecule has 0 radical (unpaired) electrons. The standard InChI is InChI=1S/C12H27O2PS2.C5H5N/c1-3-5-7-9-11-13-15(16,17)14-12-10-8-6-4-2;1-2-4-6-5-3-1/h3-12H2,1-2H3,(H,16,17);1-5H. The summed E-state index contributed by atoms with van der Waals surface area (Å²) in [6.07, 6.45) is 13.0. The Kier molecular flexibility index (Phi) is 17.0. The van der Waals surface area contributed by atoms with Gasteiger partial charge in [-0.05, 0) is 36.8 Å². The number of pyridine rings is 1. The van der Waals surface area contributed by atoms with Crippen LogP contribution < -0.4 is 0 Å². The van der Waals surface area contributed by atoms with Crippen molar-refractivity contribution in [3.8, 4) is 0 Å². The fraction of sp³-hybridized carbons (Fsp3) is 0.706. The summed E-state index contributed by atoms with van der Waals surface area (Å²) < 4.78 is 11.1. The molecule has 1 heterocycles. The number of unbranched alkanes of at least 4 members (excludes halogenated alkanes) is 6. The lowest BCUT2D eigenvalue weighted by Crippen LogP contribution is -1.95. The zero-order valence-corrected chi connectivity index (χ0v) is 17.1. The quantitative estimate of drug-likeness (QED) is 0.259. The maximum Gasteiger partial charge on any atom is 0.244 e. The van der Waals surface area contributed by atoms with E-state index in [2.05, 4.69) is 31.1 Å². The molecule has 0 N–H and O–H groups in total. The van der Waals surface area contributed by atoms with Gasteiger partial charge < -0.3 is 9.05 Å². The van der Waals surface area contributed by atoms with Crippen molar-refractivity contribution in [1.29, 1.82) is 0 Å². The van der Waals surface area contributed by atoms with E-state index in [1.807, 2.05) is 18.2 Å². The summed E-state index contributed by atoms with van der Waals surface area (Å²) in [4.78, 5) is 3.78. The Morgan fingerprint density at radius 3 is 1.61 bits per heavy atom. The molecule has 3 nitrogen and oxygen atoms in total. The van der Waals surface area contributed by atoms with E-state index < -0.39 is 5.69 Å². The smallest absolute Gasteiger partial charge is 0.244 e. The van der Waals surface area contributed by atoms with Crippen LogP contribution in [0.1, 0.15) is 65.2 Å². The molecule has 0 saturated carbocycles. The van der Waals surface area contributed by atoms with Crippen LogP contribution in [0.5, 0.6) is 0 Å². The van der Waals surface area contributed by atoms with Gasteiger partial charge in [-0.25, -0.2) is 0 Å². The van der Waals surface area contributed by atoms with Crippen LogP contribution in [0.3, 0.4) is 0 Å². The molecule has 23 heavy (non-hydrogen) atoms. The van der Waals surface area contributed by atoms with E-state index in [1.54, 1.807) is 12.4 Å². The second-order valence-electron chi connectivity index (χ2n) is 5.28. The molecule has 6 heteroatoms. The highest BCUT2D eigenvalue weighted by atomic mass is 32.9. The van der Waals surface area contributed by atoms with Crippen molar-refractivity contribution in [1.82, 2.24) is 4.98 Å². The Bertz CT molecular complexity index is 349. The van der Waals surface area contributed by atoms with E-state index in [0.717, 1.165) is 12.8 Å². The Hall–Kier alpha value is 0.0700. The van der Waals surface area contributed by atoms with Gasteiger partial charge in [-0.3, -0.25) is 4.98 Å². The van der Waals surface area contributed by atoms with E-state index >= 15 is 0 Å². The zero-order chi connectivity index (χ0) is 17.2. The van der Waals surface area contributed by atoms with Gasteiger partial charge in [-0.1, -0.05) is 70.7 Å². The highest BCUT2D eigenvalue weighted by Crippen LogP contribution is 2.53. The van der Waals surface area contributed by atoms with Gasteiger partial charge in [0.1, 0.15) is 0 Å². The van der Waals surface area contributed by atoms with Crippen molar-refractivity contribution < 1.29 is 9.05 Å². The first-order valence-corrected chi connectivity index (χ1v) is 12.4. The molecular weight excluding hydrogens is 345 g/mol. The second kappa shape index (κ2) is 16.9. The molecule has 0 aliphatic heterocycles. The van der Waals surface area contributed by atoms with Crippen LogP contribution in [-0.2, 0) is 20.9 Å². The molecule has 0 aliphatic rings. The van der Waals surface area contributed by atoms with Crippen LogP contribution in [0, 0.1) is 0 Å². The van der Waals surface area contributed by atoms with Crippen LogP contribution in [0.15, 0.2) is 30.6 Å². The lowest BCUT2D eigenvalue weighted by molar-refractivity contribution is 0.250. The summed E-state index contributed by atoms with van der Waals surface area (Å²) in [5, 5.41) is 0. The minimum Gasteiger partial charge on any atom is -0.322 e. The molecule has 0 aromatic carbocycles. The van der Waals surface area contributed by atoms with Crippen LogP contribution in [0.2, 0.25) is 0 Å². The molecule has 0 bridgehead atoms. The van der Waals surface area contributed by atoms with Crippen LogP contribution in [-0.4, -0.2) is 18.2 Å². The van der Waals surface area contributed by atoms with E-state index in [4.69, 9.17) is 20.9 Å². The Labute approximate surface area is 152 Å². The van der Waals surface area contributed by atoms with Crippen LogP contribution in [0.4, 0.5) is 0 Å². The Morgan fingerprint density at radius 1 is 0.826 bits per heavy atom. The van der Waals surface area contributed by atoms with E-state index in [1.165, 1.54) is 38.5 Å². The first-order valence-electron chi connectivity index (χ1n) is 8.59. The summed E-state index contributed by atoms with van der Waals surface area (Å²) >= 11 is 9.55. The van der Waals surface area contributed by atoms with Crippen LogP contribution >= 0.6 is 17.9 Å². The predicted molar refractivity (Wildman–Crippen MR) is 108 cm³/mol. The van der Waals surface area contributed by atoms with Gasteiger partial charge in [0.25, 0.3) is 0 Å². The molecular formula is C17H32NO2PS2. The first kappa shape index (κ1) is 23.1. The molecule has 0 fully saturated rings. The summed E-state index contributed by atoms with van der Waals surface area (Å²) in [5.74, 6) is 0. The van der Waals surface area contributed by atoms with Gasteiger partial charge in [0, 0.05) is 12.4 Å². The molecule has 0 amide bonds. The largest absolute Gasteiger partial charge is 0.322 e. The molecule has 0 atom stereocenters. The van der Waals surface area contributed by atoms with Crippen LogP contribution in [0.25, 0.3) is 0 Å². The van der Waals surface area contributed by atoms with Crippen molar-refractivity contribution >= 4 is 29.7 Å². The number of hydrogen-bond acceptors (Lipinski definition) is 4. The third-order valence-electron chi connectivity index (χ3n) is 3.07. The third-order valence-corrected chi connectivity index (χ3v) is 5.41. The summed E-state index contributed by atoms with van der Waals surface area (Å²) in [6.45, 7) is 5.78. The zero-order valence-electron chi connectivity index (χ0n) is 14.5. The molecule has 0 saturated heterocycles. The summed E-state index contributed by atoms with van der Waals surface area (Å²) in [7, 11) is 0. The fourth-order valence-electron chi connectivity index (χ4n) is 1.77. The average molecular weight is 378 g/mol. The van der Waals surface area contributed by atoms with E-state index in [0.29, 0.717) is 13.2 Å². The Morgan fingerprint density at radius 2 is 1.30 bits per heavy atom. The molecule has 0 aliphatic carbocycles. The van der Waals surface area contributed by atoms with Gasteiger partial charge in [-0.2, -0.15) is 0 Å². The van der Waals surface area contributed by atoms with Crippen molar-refractivity contribution in [2.75, 3.05) is 13.2 Å². The normalized spacial score (nSPS) is 10.9. The minimum atomic E-state index is -2.26. The van der Waals surface area contributed by atoms with Gasteiger partial charge in [-0.15, -0.1) is 0 Å². The first-order chi connectivity index (χ1) is 11.1. The highest BCUT2D eigenvalue weighted by molar-refractivity contribution is 8.60. The number of thiol groups is 1. The summed E-state index contributed by atoms with van der Waals surface area (Å²) in [6, 6.07) is 5.72. The highest BCUT2D eigenvalue weighted by Gasteiger charge is 2.12. The monoisotopic (exact) mass is 377 g/mol. The molecule has 0 unspecified atom stereocenters. The summed E-state index contributed by atoms with van der Waals surface area (Å²) in [5.41, 5.74) is -2.26.